The Morgan fingerprint density at radius 2 is 1.83 bits per heavy atom. The highest BCUT2D eigenvalue weighted by molar-refractivity contribution is 5.80. The maximum Gasteiger partial charge on any atom is 0.223 e. The minimum absolute atomic E-state index is 0.0157. The second-order valence-corrected chi connectivity index (χ2v) is 6.84. The van der Waals surface area contributed by atoms with E-state index >= 15 is 0 Å². The molecule has 6 nitrogen and oxygen atoms in total. The van der Waals surface area contributed by atoms with Gasteiger partial charge in [-0.05, 0) is 32.1 Å². The summed E-state index contributed by atoms with van der Waals surface area (Å²) in [6.07, 6.45) is 9.37. The van der Waals surface area contributed by atoms with E-state index in [0.29, 0.717) is 6.04 Å². The molecule has 6 heteroatoms. The van der Waals surface area contributed by atoms with E-state index in [1.54, 1.807) is 0 Å². The van der Waals surface area contributed by atoms with Crippen LogP contribution < -0.4 is 10.6 Å². The van der Waals surface area contributed by atoms with Crippen molar-refractivity contribution in [2.75, 3.05) is 6.61 Å². The Labute approximate surface area is 136 Å². The molecule has 0 spiro atoms. The van der Waals surface area contributed by atoms with Crippen LogP contribution in [0.5, 0.6) is 0 Å². The van der Waals surface area contributed by atoms with Crippen LogP contribution in [0.4, 0.5) is 0 Å². The van der Waals surface area contributed by atoms with Gasteiger partial charge in [-0.25, -0.2) is 0 Å². The summed E-state index contributed by atoms with van der Waals surface area (Å²) in [5.41, 5.74) is 0. The fraction of sp³-hybridized carbons (Fsp3) is 0.765. The van der Waals surface area contributed by atoms with E-state index in [1.807, 2.05) is 12.2 Å². The molecule has 1 aliphatic heterocycles. The van der Waals surface area contributed by atoms with Gasteiger partial charge in [0, 0.05) is 12.0 Å². The quantitative estimate of drug-likeness (QED) is 0.627. The van der Waals surface area contributed by atoms with Gasteiger partial charge in [-0.2, -0.15) is 0 Å². The second kappa shape index (κ2) is 7.45. The highest BCUT2D eigenvalue weighted by Crippen LogP contribution is 2.27. The summed E-state index contributed by atoms with van der Waals surface area (Å²) in [5.74, 6) is 0.126. The van der Waals surface area contributed by atoms with Crippen molar-refractivity contribution >= 4 is 11.8 Å². The number of carbonyl (C=O) groups excluding carboxylic acids is 2. The molecule has 23 heavy (non-hydrogen) atoms. The molecule has 2 saturated carbocycles. The molecule has 3 atom stereocenters. The zero-order chi connectivity index (χ0) is 16.2. The van der Waals surface area contributed by atoms with Crippen LogP contribution in [0, 0.1) is 5.92 Å². The minimum atomic E-state index is -0.495. The lowest BCUT2D eigenvalue weighted by Crippen LogP contribution is -2.51. The van der Waals surface area contributed by atoms with Crippen molar-refractivity contribution in [1.29, 1.82) is 0 Å². The lowest BCUT2D eigenvalue weighted by Gasteiger charge is -2.34. The Hall–Kier alpha value is -1.40. The number of amides is 2. The van der Waals surface area contributed by atoms with E-state index in [0.717, 1.165) is 32.1 Å². The molecule has 2 aliphatic carbocycles. The highest BCUT2D eigenvalue weighted by atomic mass is 16.5. The van der Waals surface area contributed by atoms with Crippen molar-refractivity contribution in [3.05, 3.63) is 12.2 Å². The van der Waals surface area contributed by atoms with Gasteiger partial charge in [-0.3, -0.25) is 9.59 Å². The zero-order valence-electron chi connectivity index (χ0n) is 13.4. The number of rotatable bonds is 6. The van der Waals surface area contributed by atoms with Crippen LogP contribution in [0.15, 0.2) is 12.2 Å². The molecule has 0 aromatic carbocycles. The molecule has 0 aromatic heterocycles. The van der Waals surface area contributed by atoms with Gasteiger partial charge in [0.05, 0.1) is 25.2 Å². The minimum Gasteiger partial charge on any atom is -0.394 e. The molecule has 2 amide bonds. The van der Waals surface area contributed by atoms with Crippen LogP contribution in [-0.4, -0.2) is 47.8 Å². The first-order valence-electron chi connectivity index (χ1n) is 8.70. The molecule has 3 N–H and O–H groups in total. The Kier molecular flexibility index (Phi) is 5.33. The number of aliphatic hydroxyl groups excluding tert-OH is 1. The lowest BCUT2D eigenvalue weighted by atomic mass is 9.84. The number of aliphatic hydroxyl groups is 1. The standard InChI is InChI=1S/C17H26N2O4/c20-10-15-14(19-17(22)11-3-1-4-11)8-7-13(23-15)9-16(21)18-12-5-2-6-12/h7-8,11-15,20H,1-6,9-10H2,(H,18,21)(H,19,22)/t13-,14-,15+/m1/s1. The van der Waals surface area contributed by atoms with Gasteiger partial charge in [0.25, 0.3) is 0 Å². The third kappa shape index (κ3) is 4.12. The summed E-state index contributed by atoms with van der Waals surface area (Å²) >= 11 is 0. The van der Waals surface area contributed by atoms with E-state index in [1.165, 1.54) is 6.42 Å². The lowest BCUT2D eigenvalue weighted by molar-refractivity contribution is -0.132. The molecule has 0 saturated heterocycles. The predicted octanol–water partition coefficient (Wildman–Crippen LogP) is 0.646. The van der Waals surface area contributed by atoms with Crippen LogP contribution in [0.25, 0.3) is 0 Å². The topological polar surface area (TPSA) is 87.7 Å². The van der Waals surface area contributed by atoms with Crippen molar-refractivity contribution in [2.45, 2.75) is 69.2 Å². The Balaban J connectivity index is 1.49. The molecule has 2 fully saturated rings. The zero-order valence-corrected chi connectivity index (χ0v) is 13.4. The number of nitrogens with one attached hydrogen (secondary N) is 2. The smallest absolute Gasteiger partial charge is 0.223 e. The van der Waals surface area contributed by atoms with Crippen LogP contribution in [0.1, 0.15) is 44.9 Å². The van der Waals surface area contributed by atoms with Gasteiger partial charge >= 0.3 is 0 Å². The number of hydrogen-bond acceptors (Lipinski definition) is 4. The molecular formula is C17H26N2O4. The Morgan fingerprint density at radius 1 is 1.09 bits per heavy atom. The maximum absolute atomic E-state index is 12.0. The monoisotopic (exact) mass is 322 g/mol. The van der Waals surface area contributed by atoms with Gasteiger partial charge in [0.2, 0.25) is 11.8 Å². The molecule has 1 heterocycles. The van der Waals surface area contributed by atoms with Crippen molar-refractivity contribution in [3.8, 4) is 0 Å². The van der Waals surface area contributed by atoms with Crippen molar-refractivity contribution in [3.63, 3.8) is 0 Å². The fourth-order valence-electron chi connectivity index (χ4n) is 3.11. The number of hydrogen-bond donors (Lipinski definition) is 3. The first-order valence-corrected chi connectivity index (χ1v) is 8.70. The second-order valence-electron chi connectivity index (χ2n) is 6.84. The van der Waals surface area contributed by atoms with Gasteiger partial charge < -0.3 is 20.5 Å². The van der Waals surface area contributed by atoms with Crippen LogP contribution in [-0.2, 0) is 14.3 Å². The summed E-state index contributed by atoms with van der Waals surface area (Å²) in [6.45, 7) is -0.180. The summed E-state index contributed by atoms with van der Waals surface area (Å²) < 4.78 is 5.77. The largest absolute Gasteiger partial charge is 0.394 e. The van der Waals surface area contributed by atoms with E-state index in [9.17, 15) is 14.7 Å². The SMILES string of the molecule is O=C(C[C@H]1C=C[C@@H](NC(=O)C2CCC2)[C@H](CO)O1)NC1CCC1. The maximum atomic E-state index is 12.0. The van der Waals surface area contributed by atoms with Crippen molar-refractivity contribution < 1.29 is 19.4 Å². The Bertz CT molecular complexity index is 471. The van der Waals surface area contributed by atoms with Crippen LogP contribution in [0.3, 0.4) is 0 Å². The van der Waals surface area contributed by atoms with Gasteiger partial charge in [-0.15, -0.1) is 0 Å². The average molecular weight is 322 g/mol. The number of carbonyl (C=O) groups is 2. The highest BCUT2D eigenvalue weighted by Gasteiger charge is 2.32. The predicted molar refractivity (Wildman–Crippen MR) is 84.6 cm³/mol. The first kappa shape index (κ1) is 16.5. The van der Waals surface area contributed by atoms with Crippen LogP contribution >= 0.6 is 0 Å². The van der Waals surface area contributed by atoms with Gasteiger partial charge in [0.1, 0.15) is 6.10 Å². The fourth-order valence-corrected chi connectivity index (χ4v) is 3.11. The molecule has 3 rings (SSSR count). The van der Waals surface area contributed by atoms with Crippen molar-refractivity contribution in [1.82, 2.24) is 10.6 Å². The Morgan fingerprint density at radius 3 is 2.39 bits per heavy atom. The molecule has 0 unspecified atom stereocenters. The normalized spacial score (nSPS) is 31.1. The number of ether oxygens (including phenoxy) is 1. The van der Waals surface area contributed by atoms with Crippen LogP contribution in [0.2, 0.25) is 0 Å². The third-order valence-electron chi connectivity index (χ3n) is 5.10. The summed E-state index contributed by atoms with van der Waals surface area (Å²) in [4.78, 5) is 24.0. The van der Waals surface area contributed by atoms with E-state index in [4.69, 9.17) is 4.74 Å². The molecule has 3 aliphatic rings. The summed E-state index contributed by atoms with van der Waals surface area (Å²) in [5, 5.41) is 15.4. The molecule has 0 aromatic rings. The van der Waals surface area contributed by atoms with Gasteiger partial charge in [-0.1, -0.05) is 18.6 Å². The van der Waals surface area contributed by atoms with Gasteiger partial charge in [0.15, 0.2) is 0 Å². The van der Waals surface area contributed by atoms with E-state index in [-0.39, 0.29) is 42.9 Å². The molecular weight excluding hydrogens is 296 g/mol. The molecule has 0 bridgehead atoms. The third-order valence-corrected chi connectivity index (χ3v) is 5.10. The van der Waals surface area contributed by atoms with Crippen molar-refractivity contribution in [2.24, 2.45) is 5.92 Å². The summed E-state index contributed by atoms with van der Waals surface area (Å²) in [6, 6.07) is -0.00253. The molecule has 0 radical (unpaired) electrons. The average Bonchev–Trinajstić information content (AvgIpc) is 2.42. The summed E-state index contributed by atoms with van der Waals surface area (Å²) in [7, 11) is 0. The first-order chi connectivity index (χ1) is 11.2. The van der Waals surface area contributed by atoms with E-state index < -0.39 is 6.10 Å². The molecule has 128 valence electrons. The van der Waals surface area contributed by atoms with E-state index in [2.05, 4.69) is 10.6 Å².